The Bertz CT molecular complexity index is 219. The van der Waals surface area contributed by atoms with Gasteiger partial charge >= 0.3 is 0 Å². The van der Waals surface area contributed by atoms with E-state index in [-0.39, 0.29) is 5.54 Å². The topological polar surface area (TPSA) is 33.3 Å². The molecule has 1 atom stereocenters. The lowest BCUT2D eigenvalue weighted by atomic mass is 9.80. The first-order valence-electron chi connectivity index (χ1n) is 7.50. The van der Waals surface area contributed by atoms with Gasteiger partial charge in [0.05, 0.1) is 6.10 Å². The van der Waals surface area contributed by atoms with E-state index in [4.69, 9.17) is 4.74 Å². The molecule has 108 valence electrons. The van der Waals surface area contributed by atoms with Crippen LogP contribution < -0.4 is 10.6 Å². The lowest BCUT2D eigenvalue weighted by Gasteiger charge is -2.35. The Morgan fingerprint density at radius 1 is 1.28 bits per heavy atom. The fourth-order valence-corrected chi connectivity index (χ4v) is 2.35. The molecule has 1 unspecified atom stereocenters. The molecule has 1 fully saturated rings. The van der Waals surface area contributed by atoms with Crippen LogP contribution >= 0.6 is 0 Å². The maximum absolute atomic E-state index is 5.58. The maximum Gasteiger partial charge on any atom is 0.0580 e. The molecule has 3 heteroatoms. The van der Waals surface area contributed by atoms with Crippen molar-refractivity contribution in [3.05, 3.63) is 0 Å². The Kier molecular flexibility index (Phi) is 6.61. The third kappa shape index (κ3) is 6.72. The predicted octanol–water partition coefficient (Wildman–Crippen LogP) is 2.56. The van der Waals surface area contributed by atoms with E-state index in [2.05, 4.69) is 45.3 Å². The zero-order valence-corrected chi connectivity index (χ0v) is 12.9. The lowest BCUT2D eigenvalue weighted by molar-refractivity contribution is -0.0264. The van der Waals surface area contributed by atoms with Crippen LogP contribution in [-0.2, 0) is 4.74 Å². The first-order chi connectivity index (χ1) is 8.40. The van der Waals surface area contributed by atoms with Gasteiger partial charge in [-0.05, 0) is 66.3 Å². The van der Waals surface area contributed by atoms with Crippen molar-refractivity contribution in [2.24, 2.45) is 5.92 Å². The molecular weight excluding hydrogens is 224 g/mol. The summed E-state index contributed by atoms with van der Waals surface area (Å²) in [5.41, 5.74) is 0.217. The zero-order valence-electron chi connectivity index (χ0n) is 12.9. The summed E-state index contributed by atoms with van der Waals surface area (Å²) in [6, 6.07) is 0.548. The van der Waals surface area contributed by atoms with E-state index < -0.39 is 0 Å². The highest BCUT2D eigenvalue weighted by Gasteiger charge is 2.28. The first kappa shape index (κ1) is 15.9. The van der Waals surface area contributed by atoms with E-state index in [1.165, 1.54) is 19.3 Å². The maximum atomic E-state index is 5.58. The SMILES string of the molecule is CCOC1CC(CCNC(C)CNC(C)(C)C)C1. The van der Waals surface area contributed by atoms with E-state index in [1.807, 2.05) is 0 Å². The van der Waals surface area contributed by atoms with E-state index in [0.29, 0.717) is 12.1 Å². The van der Waals surface area contributed by atoms with Gasteiger partial charge in [-0.25, -0.2) is 0 Å². The Labute approximate surface area is 113 Å². The van der Waals surface area contributed by atoms with Crippen LogP contribution in [0, 0.1) is 5.92 Å². The van der Waals surface area contributed by atoms with E-state index in [9.17, 15) is 0 Å². The van der Waals surface area contributed by atoms with Crippen LogP contribution in [0.2, 0.25) is 0 Å². The number of rotatable bonds is 8. The van der Waals surface area contributed by atoms with Gasteiger partial charge < -0.3 is 15.4 Å². The highest BCUT2D eigenvalue weighted by molar-refractivity contribution is 4.81. The largest absolute Gasteiger partial charge is 0.378 e. The average Bonchev–Trinajstić information content (AvgIpc) is 2.22. The molecule has 2 N–H and O–H groups in total. The Morgan fingerprint density at radius 3 is 2.50 bits per heavy atom. The number of nitrogens with one attached hydrogen (secondary N) is 2. The molecule has 3 nitrogen and oxygen atoms in total. The van der Waals surface area contributed by atoms with Crippen molar-refractivity contribution in [2.75, 3.05) is 19.7 Å². The van der Waals surface area contributed by atoms with Crippen LogP contribution in [0.25, 0.3) is 0 Å². The van der Waals surface area contributed by atoms with Crippen molar-refractivity contribution < 1.29 is 4.74 Å². The molecule has 1 rings (SSSR count). The smallest absolute Gasteiger partial charge is 0.0580 e. The molecule has 0 heterocycles. The molecule has 0 aromatic heterocycles. The van der Waals surface area contributed by atoms with E-state index in [0.717, 1.165) is 25.6 Å². The molecule has 0 aromatic rings. The molecule has 1 aliphatic rings. The van der Waals surface area contributed by atoms with Crippen molar-refractivity contribution in [1.29, 1.82) is 0 Å². The van der Waals surface area contributed by atoms with Crippen molar-refractivity contribution in [3.8, 4) is 0 Å². The Hall–Kier alpha value is -0.120. The van der Waals surface area contributed by atoms with Crippen LogP contribution in [0.4, 0.5) is 0 Å². The minimum atomic E-state index is 0.217. The van der Waals surface area contributed by atoms with Gasteiger partial charge in [0, 0.05) is 24.7 Å². The molecule has 0 saturated heterocycles. The molecule has 1 saturated carbocycles. The number of hydrogen-bond acceptors (Lipinski definition) is 3. The Balaban J connectivity index is 1.95. The molecule has 0 aliphatic heterocycles. The minimum Gasteiger partial charge on any atom is -0.378 e. The average molecular weight is 256 g/mol. The van der Waals surface area contributed by atoms with Gasteiger partial charge in [0.1, 0.15) is 0 Å². The summed E-state index contributed by atoms with van der Waals surface area (Å²) in [5.74, 6) is 0.886. The van der Waals surface area contributed by atoms with E-state index in [1.54, 1.807) is 0 Å². The highest BCUT2D eigenvalue weighted by atomic mass is 16.5. The van der Waals surface area contributed by atoms with Crippen LogP contribution in [0.15, 0.2) is 0 Å². The molecule has 0 aromatic carbocycles. The van der Waals surface area contributed by atoms with Gasteiger partial charge in [0.2, 0.25) is 0 Å². The summed E-state index contributed by atoms with van der Waals surface area (Å²) in [6.45, 7) is 14.0. The Morgan fingerprint density at radius 2 is 1.94 bits per heavy atom. The highest BCUT2D eigenvalue weighted by Crippen LogP contribution is 2.32. The van der Waals surface area contributed by atoms with Gasteiger partial charge in [0.15, 0.2) is 0 Å². The van der Waals surface area contributed by atoms with Crippen LogP contribution in [0.3, 0.4) is 0 Å². The summed E-state index contributed by atoms with van der Waals surface area (Å²) in [7, 11) is 0. The van der Waals surface area contributed by atoms with Crippen LogP contribution in [0.5, 0.6) is 0 Å². The zero-order chi connectivity index (χ0) is 13.6. The first-order valence-corrected chi connectivity index (χ1v) is 7.50. The molecule has 1 aliphatic carbocycles. The summed E-state index contributed by atoms with van der Waals surface area (Å²) in [5, 5.41) is 7.13. The third-order valence-electron chi connectivity index (χ3n) is 3.58. The number of hydrogen-bond donors (Lipinski definition) is 2. The minimum absolute atomic E-state index is 0.217. The number of ether oxygens (including phenoxy) is 1. The van der Waals surface area contributed by atoms with Crippen LogP contribution in [-0.4, -0.2) is 37.4 Å². The van der Waals surface area contributed by atoms with Gasteiger partial charge in [-0.15, -0.1) is 0 Å². The molecular formula is C15H32N2O. The summed E-state index contributed by atoms with van der Waals surface area (Å²) >= 11 is 0. The summed E-state index contributed by atoms with van der Waals surface area (Å²) < 4.78 is 5.58. The molecule has 0 spiro atoms. The van der Waals surface area contributed by atoms with Gasteiger partial charge in [-0.1, -0.05) is 0 Å². The monoisotopic (exact) mass is 256 g/mol. The van der Waals surface area contributed by atoms with Crippen molar-refractivity contribution >= 4 is 0 Å². The fourth-order valence-electron chi connectivity index (χ4n) is 2.35. The third-order valence-corrected chi connectivity index (χ3v) is 3.58. The molecule has 18 heavy (non-hydrogen) atoms. The van der Waals surface area contributed by atoms with Crippen molar-refractivity contribution in [3.63, 3.8) is 0 Å². The summed E-state index contributed by atoms with van der Waals surface area (Å²) in [4.78, 5) is 0. The normalized spacial score (nSPS) is 25.8. The van der Waals surface area contributed by atoms with Crippen LogP contribution in [0.1, 0.15) is 53.9 Å². The van der Waals surface area contributed by atoms with E-state index >= 15 is 0 Å². The van der Waals surface area contributed by atoms with Gasteiger partial charge in [-0.2, -0.15) is 0 Å². The lowest BCUT2D eigenvalue weighted by Crippen LogP contribution is -2.45. The second-order valence-corrected chi connectivity index (χ2v) is 6.69. The molecule has 0 radical (unpaired) electrons. The fraction of sp³-hybridized carbons (Fsp3) is 1.00. The molecule has 0 amide bonds. The summed E-state index contributed by atoms with van der Waals surface area (Å²) in [6.07, 6.45) is 4.39. The standard InChI is InChI=1S/C15H32N2O/c1-6-18-14-9-13(10-14)7-8-16-12(2)11-17-15(3,4)5/h12-14,16-17H,6-11H2,1-5H3. The predicted molar refractivity (Wildman–Crippen MR) is 78.0 cm³/mol. The second-order valence-electron chi connectivity index (χ2n) is 6.69. The second kappa shape index (κ2) is 7.46. The quantitative estimate of drug-likeness (QED) is 0.700. The van der Waals surface area contributed by atoms with Crippen molar-refractivity contribution in [2.45, 2.75) is 71.6 Å². The molecule has 0 bridgehead atoms. The van der Waals surface area contributed by atoms with Gasteiger partial charge in [0.25, 0.3) is 0 Å². The van der Waals surface area contributed by atoms with Gasteiger partial charge in [-0.3, -0.25) is 0 Å². The van der Waals surface area contributed by atoms with Crippen molar-refractivity contribution in [1.82, 2.24) is 10.6 Å².